The zero-order valence-corrected chi connectivity index (χ0v) is 16.4. The number of nitrogens with one attached hydrogen (secondary N) is 1. The van der Waals surface area contributed by atoms with Crippen LogP contribution in [0.15, 0.2) is 24.3 Å². The van der Waals surface area contributed by atoms with E-state index < -0.39 is 0 Å². The molecule has 1 aromatic rings. The largest absolute Gasteiger partial charge is 0.341 e. The molecule has 3 nitrogen and oxygen atoms in total. The summed E-state index contributed by atoms with van der Waals surface area (Å²) in [4.78, 5) is 14.4. The summed E-state index contributed by atoms with van der Waals surface area (Å²) in [6, 6.07) is 8.65. The molecule has 1 atom stereocenters. The molecule has 1 unspecified atom stereocenters. The molecule has 1 fully saturated rings. The van der Waals surface area contributed by atoms with Crippen LogP contribution >= 0.6 is 12.4 Å². The van der Waals surface area contributed by atoms with E-state index in [1.54, 1.807) is 0 Å². The number of piperidine rings is 1. The molecule has 0 bridgehead atoms. The van der Waals surface area contributed by atoms with Crippen LogP contribution in [0, 0.1) is 11.8 Å². The molecule has 1 aromatic carbocycles. The lowest BCUT2D eigenvalue weighted by Crippen LogP contribution is -2.34. The second-order valence-corrected chi connectivity index (χ2v) is 7.41. The minimum atomic E-state index is 0. The van der Waals surface area contributed by atoms with Gasteiger partial charge in [-0.3, -0.25) is 4.79 Å². The lowest BCUT2D eigenvalue weighted by atomic mass is 9.84. The Morgan fingerprint density at radius 1 is 1.17 bits per heavy atom. The average Bonchev–Trinajstić information content (AvgIpc) is 2.56. The monoisotopic (exact) mass is 352 g/mol. The molecule has 1 N–H and O–H groups in total. The SMILES string of the molecule is CC(C)c1ccc(CN(C)C(=O)CC(C)C2CCNCC2)cc1.Cl. The lowest BCUT2D eigenvalue weighted by Gasteiger charge is -2.29. The van der Waals surface area contributed by atoms with Crippen molar-refractivity contribution in [1.29, 1.82) is 0 Å². The third kappa shape index (κ3) is 6.10. The Kier molecular flexibility index (Phi) is 8.79. The molecule has 24 heavy (non-hydrogen) atoms. The third-order valence-corrected chi connectivity index (χ3v) is 5.18. The van der Waals surface area contributed by atoms with Gasteiger partial charge in [0.05, 0.1) is 0 Å². The molecule has 1 aliphatic heterocycles. The smallest absolute Gasteiger partial charge is 0.222 e. The second kappa shape index (κ2) is 10.0. The van der Waals surface area contributed by atoms with Crippen LogP contribution in [0.5, 0.6) is 0 Å². The summed E-state index contributed by atoms with van der Waals surface area (Å²) in [6.07, 6.45) is 3.08. The van der Waals surface area contributed by atoms with Crippen LogP contribution in [0.25, 0.3) is 0 Å². The topological polar surface area (TPSA) is 32.3 Å². The zero-order valence-electron chi connectivity index (χ0n) is 15.5. The summed E-state index contributed by atoms with van der Waals surface area (Å²) in [5.41, 5.74) is 2.56. The van der Waals surface area contributed by atoms with Crippen LogP contribution < -0.4 is 5.32 Å². The second-order valence-electron chi connectivity index (χ2n) is 7.41. The van der Waals surface area contributed by atoms with Crippen molar-refractivity contribution in [2.24, 2.45) is 11.8 Å². The number of carbonyl (C=O) groups excluding carboxylic acids is 1. The van der Waals surface area contributed by atoms with Crippen molar-refractivity contribution >= 4 is 18.3 Å². The fourth-order valence-electron chi connectivity index (χ4n) is 3.38. The molecule has 136 valence electrons. The van der Waals surface area contributed by atoms with Gasteiger partial charge in [-0.1, -0.05) is 45.0 Å². The van der Waals surface area contributed by atoms with Crippen molar-refractivity contribution in [3.8, 4) is 0 Å². The standard InChI is InChI=1S/C20H32N2O.ClH/c1-15(2)18-7-5-17(6-8-18)14-22(4)20(23)13-16(3)19-9-11-21-12-10-19;/h5-8,15-16,19,21H,9-14H2,1-4H3;1H. The van der Waals surface area contributed by atoms with E-state index in [1.807, 2.05) is 11.9 Å². The van der Waals surface area contributed by atoms with Gasteiger partial charge in [-0.2, -0.15) is 0 Å². The quantitative estimate of drug-likeness (QED) is 0.831. The van der Waals surface area contributed by atoms with E-state index in [9.17, 15) is 4.79 Å². The zero-order chi connectivity index (χ0) is 16.8. The van der Waals surface area contributed by atoms with Gasteiger partial charge in [-0.15, -0.1) is 12.4 Å². The molecule has 1 amide bonds. The van der Waals surface area contributed by atoms with Crippen LogP contribution in [0.1, 0.15) is 57.1 Å². The van der Waals surface area contributed by atoms with Crippen LogP contribution in [-0.2, 0) is 11.3 Å². The van der Waals surface area contributed by atoms with Crippen molar-refractivity contribution in [2.75, 3.05) is 20.1 Å². The van der Waals surface area contributed by atoms with E-state index in [0.29, 0.717) is 30.7 Å². The summed E-state index contributed by atoms with van der Waals surface area (Å²) in [5, 5.41) is 3.40. The highest BCUT2D eigenvalue weighted by molar-refractivity contribution is 5.85. The summed E-state index contributed by atoms with van der Waals surface area (Å²) in [6.45, 7) is 9.54. The number of hydrogen-bond acceptors (Lipinski definition) is 2. The Balaban J connectivity index is 0.00000288. The average molecular weight is 353 g/mol. The maximum atomic E-state index is 12.5. The molecule has 1 saturated heterocycles. The van der Waals surface area contributed by atoms with Crippen molar-refractivity contribution in [3.05, 3.63) is 35.4 Å². The van der Waals surface area contributed by atoms with Crippen LogP contribution in [0.3, 0.4) is 0 Å². The van der Waals surface area contributed by atoms with Gasteiger partial charge in [0.2, 0.25) is 5.91 Å². The van der Waals surface area contributed by atoms with Gasteiger partial charge in [0.25, 0.3) is 0 Å². The third-order valence-electron chi connectivity index (χ3n) is 5.18. The highest BCUT2D eigenvalue weighted by atomic mass is 35.5. The summed E-state index contributed by atoms with van der Waals surface area (Å²) >= 11 is 0. The molecule has 0 aliphatic carbocycles. The van der Waals surface area contributed by atoms with Gasteiger partial charge >= 0.3 is 0 Å². The molecule has 1 heterocycles. The minimum Gasteiger partial charge on any atom is -0.341 e. The van der Waals surface area contributed by atoms with Crippen LogP contribution in [-0.4, -0.2) is 30.9 Å². The number of benzene rings is 1. The Bertz CT molecular complexity index is 495. The van der Waals surface area contributed by atoms with Crippen molar-refractivity contribution in [2.45, 2.75) is 52.5 Å². The van der Waals surface area contributed by atoms with Gasteiger partial charge in [-0.05, 0) is 54.8 Å². The van der Waals surface area contributed by atoms with E-state index in [2.05, 4.69) is 50.4 Å². The Morgan fingerprint density at radius 2 is 1.75 bits per heavy atom. The Labute approximate surface area is 153 Å². The number of rotatable bonds is 6. The van der Waals surface area contributed by atoms with E-state index in [4.69, 9.17) is 0 Å². The van der Waals surface area contributed by atoms with E-state index in [-0.39, 0.29) is 18.3 Å². The van der Waals surface area contributed by atoms with Gasteiger partial charge in [-0.25, -0.2) is 0 Å². The number of halogens is 1. The first-order valence-electron chi connectivity index (χ1n) is 9.01. The first-order valence-corrected chi connectivity index (χ1v) is 9.01. The van der Waals surface area contributed by atoms with Crippen LogP contribution in [0.4, 0.5) is 0 Å². The Morgan fingerprint density at radius 3 is 2.29 bits per heavy atom. The van der Waals surface area contributed by atoms with E-state index in [1.165, 1.54) is 24.0 Å². The summed E-state index contributed by atoms with van der Waals surface area (Å²) in [5.74, 6) is 1.99. The van der Waals surface area contributed by atoms with E-state index >= 15 is 0 Å². The highest BCUT2D eigenvalue weighted by Gasteiger charge is 2.23. The molecule has 0 aromatic heterocycles. The first-order chi connectivity index (χ1) is 11.0. The Hall–Kier alpha value is -1.06. The maximum Gasteiger partial charge on any atom is 0.222 e. The molecule has 0 saturated carbocycles. The fraction of sp³-hybridized carbons (Fsp3) is 0.650. The number of carbonyl (C=O) groups is 1. The van der Waals surface area contributed by atoms with Gasteiger partial charge < -0.3 is 10.2 Å². The molecular weight excluding hydrogens is 320 g/mol. The number of amides is 1. The van der Waals surface area contributed by atoms with Crippen molar-refractivity contribution < 1.29 is 4.79 Å². The molecule has 0 spiro atoms. The minimum absolute atomic E-state index is 0. The molecular formula is C20H33ClN2O. The molecule has 4 heteroatoms. The normalized spacial score (nSPS) is 16.5. The molecule has 0 radical (unpaired) electrons. The van der Waals surface area contributed by atoms with E-state index in [0.717, 1.165) is 13.1 Å². The number of hydrogen-bond donors (Lipinski definition) is 1. The predicted octanol–water partition coefficient (Wildman–Crippen LogP) is 4.22. The van der Waals surface area contributed by atoms with Crippen molar-refractivity contribution in [1.82, 2.24) is 10.2 Å². The number of nitrogens with zero attached hydrogens (tertiary/aromatic N) is 1. The predicted molar refractivity (Wildman–Crippen MR) is 104 cm³/mol. The summed E-state index contributed by atoms with van der Waals surface area (Å²) < 4.78 is 0. The summed E-state index contributed by atoms with van der Waals surface area (Å²) in [7, 11) is 1.92. The van der Waals surface area contributed by atoms with Crippen molar-refractivity contribution in [3.63, 3.8) is 0 Å². The van der Waals surface area contributed by atoms with Gasteiger partial charge in [0.15, 0.2) is 0 Å². The molecule has 1 aliphatic rings. The lowest BCUT2D eigenvalue weighted by molar-refractivity contribution is -0.131. The van der Waals surface area contributed by atoms with Crippen LogP contribution in [0.2, 0.25) is 0 Å². The molecule has 2 rings (SSSR count). The first kappa shape index (κ1) is 21.0. The highest BCUT2D eigenvalue weighted by Crippen LogP contribution is 2.25. The maximum absolute atomic E-state index is 12.5. The van der Waals surface area contributed by atoms with Gasteiger partial charge in [0.1, 0.15) is 0 Å². The fourth-order valence-corrected chi connectivity index (χ4v) is 3.38. The van der Waals surface area contributed by atoms with Gasteiger partial charge in [0, 0.05) is 20.0 Å².